The molecule has 0 aliphatic rings. The van der Waals surface area contributed by atoms with Gasteiger partial charge in [0.2, 0.25) is 0 Å². The van der Waals surface area contributed by atoms with Gasteiger partial charge in [0.25, 0.3) is 0 Å². The van der Waals surface area contributed by atoms with Gasteiger partial charge >= 0.3 is 0 Å². The number of halogens is 2. The van der Waals surface area contributed by atoms with Crippen molar-refractivity contribution in [1.82, 2.24) is 0 Å². The molecule has 0 aliphatic carbocycles. The molecule has 0 rings (SSSR count). The predicted molar refractivity (Wildman–Crippen MR) is 55.8 cm³/mol. The van der Waals surface area contributed by atoms with Crippen LogP contribution >= 0.6 is 37.4 Å². The van der Waals surface area contributed by atoms with Gasteiger partial charge in [0.15, 0.2) is 0 Å². The first-order valence-electron chi connectivity index (χ1n) is 3.03. The van der Waals surface area contributed by atoms with Gasteiger partial charge in [-0.1, -0.05) is 13.8 Å². The van der Waals surface area contributed by atoms with Crippen LogP contribution in [0.3, 0.4) is 0 Å². The summed E-state index contributed by atoms with van der Waals surface area (Å²) in [4.78, 5) is 0. The van der Waals surface area contributed by atoms with Gasteiger partial charge in [0.05, 0.1) is 0 Å². The molecule has 1 unspecified atom stereocenters. The van der Waals surface area contributed by atoms with Crippen LogP contribution in [0.5, 0.6) is 0 Å². The standard InChI is InChI=1S/C6H15NS.2ClH/c1-5(2)3-6(7)4-8;;/h5-6,8H,3-4,7H2,1-2H3;2*1H. The Balaban J connectivity index is -0.000000245. The second-order valence-electron chi connectivity index (χ2n) is 2.57. The second kappa shape index (κ2) is 9.89. The van der Waals surface area contributed by atoms with Crippen LogP contribution in [0.25, 0.3) is 0 Å². The lowest BCUT2D eigenvalue weighted by Crippen LogP contribution is -2.23. The fourth-order valence-corrected chi connectivity index (χ4v) is 0.829. The van der Waals surface area contributed by atoms with Gasteiger partial charge < -0.3 is 5.73 Å². The molecule has 0 spiro atoms. The summed E-state index contributed by atoms with van der Waals surface area (Å²) >= 11 is 4.07. The van der Waals surface area contributed by atoms with Crippen molar-refractivity contribution in [2.24, 2.45) is 11.7 Å². The monoisotopic (exact) mass is 205 g/mol. The highest BCUT2D eigenvalue weighted by Gasteiger charge is 2.00. The van der Waals surface area contributed by atoms with Crippen molar-refractivity contribution in [3.63, 3.8) is 0 Å². The van der Waals surface area contributed by atoms with Crippen molar-refractivity contribution in [3.8, 4) is 0 Å². The number of rotatable bonds is 3. The van der Waals surface area contributed by atoms with Gasteiger partial charge in [-0.2, -0.15) is 12.6 Å². The van der Waals surface area contributed by atoms with E-state index in [0.29, 0.717) is 12.0 Å². The highest BCUT2D eigenvalue weighted by Crippen LogP contribution is 2.02. The van der Waals surface area contributed by atoms with E-state index in [-0.39, 0.29) is 24.8 Å². The van der Waals surface area contributed by atoms with Gasteiger partial charge in [-0.05, 0) is 12.3 Å². The molecule has 1 nitrogen and oxygen atoms in total. The summed E-state index contributed by atoms with van der Waals surface area (Å²) in [5.41, 5.74) is 5.60. The minimum absolute atomic E-state index is 0. The maximum absolute atomic E-state index is 5.60. The summed E-state index contributed by atoms with van der Waals surface area (Å²) in [6, 6.07) is 0.290. The Labute approximate surface area is 81.4 Å². The van der Waals surface area contributed by atoms with Crippen molar-refractivity contribution < 1.29 is 0 Å². The minimum Gasteiger partial charge on any atom is -0.327 e. The smallest absolute Gasteiger partial charge is 0.0130 e. The van der Waals surface area contributed by atoms with E-state index in [0.717, 1.165) is 12.2 Å². The van der Waals surface area contributed by atoms with E-state index in [2.05, 4.69) is 26.5 Å². The molecule has 0 fully saturated rings. The van der Waals surface area contributed by atoms with Crippen LogP contribution < -0.4 is 5.73 Å². The maximum atomic E-state index is 5.60. The molecule has 0 aromatic rings. The Kier molecular flexibility index (Phi) is 16.9. The largest absolute Gasteiger partial charge is 0.327 e. The number of thiol groups is 1. The summed E-state index contributed by atoms with van der Waals surface area (Å²) in [5, 5.41) is 0. The number of hydrogen-bond donors (Lipinski definition) is 2. The number of hydrogen-bond acceptors (Lipinski definition) is 2. The Hall–Kier alpha value is 0.890. The normalized spacial score (nSPS) is 11.7. The summed E-state index contributed by atoms with van der Waals surface area (Å²) in [7, 11) is 0. The molecule has 2 N–H and O–H groups in total. The average molecular weight is 206 g/mol. The average Bonchev–Trinajstić information content (AvgIpc) is 1.65. The zero-order chi connectivity index (χ0) is 6.57. The molecule has 0 aromatic heterocycles. The van der Waals surface area contributed by atoms with Gasteiger partial charge in [0.1, 0.15) is 0 Å². The second-order valence-corrected chi connectivity index (χ2v) is 2.94. The van der Waals surface area contributed by atoms with E-state index in [1.807, 2.05) is 0 Å². The highest BCUT2D eigenvalue weighted by atomic mass is 35.5. The van der Waals surface area contributed by atoms with Crippen molar-refractivity contribution in [1.29, 1.82) is 0 Å². The van der Waals surface area contributed by atoms with E-state index < -0.39 is 0 Å². The SMILES string of the molecule is CC(C)CC(N)CS.Cl.Cl. The van der Waals surface area contributed by atoms with Crippen molar-refractivity contribution in [3.05, 3.63) is 0 Å². The molecule has 0 heterocycles. The van der Waals surface area contributed by atoms with Crippen molar-refractivity contribution in [2.75, 3.05) is 5.75 Å². The van der Waals surface area contributed by atoms with Crippen molar-refractivity contribution in [2.45, 2.75) is 26.3 Å². The molecule has 0 radical (unpaired) electrons. The molecule has 66 valence electrons. The fourth-order valence-electron chi connectivity index (χ4n) is 0.680. The van der Waals surface area contributed by atoms with Crippen LogP contribution in [-0.4, -0.2) is 11.8 Å². The topological polar surface area (TPSA) is 26.0 Å². The summed E-state index contributed by atoms with van der Waals surface area (Å²) in [6.07, 6.45) is 1.09. The lowest BCUT2D eigenvalue weighted by molar-refractivity contribution is 0.525. The minimum atomic E-state index is 0. The maximum Gasteiger partial charge on any atom is 0.0130 e. The van der Waals surface area contributed by atoms with Crippen LogP contribution in [0.1, 0.15) is 20.3 Å². The Morgan fingerprint density at radius 1 is 1.30 bits per heavy atom. The summed E-state index contributed by atoms with van der Waals surface area (Å²) in [6.45, 7) is 4.34. The van der Waals surface area contributed by atoms with Gasteiger partial charge in [0, 0.05) is 11.8 Å². The summed E-state index contributed by atoms with van der Waals surface area (Å²) in [5.74, 6) is 1.51. The Morgan fingerprint density at radius 3 is 1.80 bits per heavy atom. The molecule has 0 aromatic carbocycles. The lowest BCUT2D eigenvalue weighted by Gasteiger charge is -2.09. The molecule has 1 atom stereocenters. The molecular formula is C6H17Cl2NS. The first-order chi connectivity index (χ1) is 3.66. The third-order valence-electron chi connectivity index (χ3n) is 1.01. The molecule has 0 amide bonds. The van der Waals surface area contributed by atoms with Crippen LogP contribution in [0, 0.1) is 5.92 Å². The molecule has 4 heteroatoms. The fraction of sp³-hybridized carbons (Fsp3) is 1.00. The highest BCUT2D eigenvalue weighted by molar-refractivity contribution is 7.80. The van der Waals surface area contributed by atoms with E-state index in [1.165, 1.54) is 0 Å². The first kappa shape index (κ1) is 17.1. The zero-order valence-electron chi connectivity index (χ0n) is 6.41. The van der Waals surface area contributed by atoms with E-state index in [4.69, 9.17) is 5.73 Å². The van der Waals surface area contributed by atoms with Crippen LogP contribution in [0.15, 0.2) is 0 Å². The van der Waals surface area contributed by atoms with Crippen LogP contribution in [-0.2, 0) is 0 Å². The van der Waals surface area contributed by atoms with E-state index in [1.54, 1.807) is 0 Å². The van der Waals surface area contributed by atoms with Crippen LogP contribution in [0.4, 0.5) is 0 Å². The molecule has 0 aliphatic heterocycles. The Bertz CT molecular complexity index is 61.7. The van der Waals surface area contributed by atoms with E-state index in [9.17, 15) is 0 Å². The van der Waals surface area contributed by atoms with Gasteiger partial charge in [-0.15, -0.1) is 24.8 Å². The third-order valence-corrected chi connectivity index (χ3v) is 1.48. The molecule has 0 bridgehead atoms. The molecule has 0 saturated heterocycles. The third kappa shape index (κ3) is 11.7. The first-order valence-corrected chi connectivity index (χ1v) is 3.66. The zero-order valence-corrected chi connectivity index (χ0v) is 8.94. The van der Waals surface area contributed by atoms with E-state index >= 15 is 0 Å². The van der Waals surface area contributed by atoms with Crippen LogP contribution in [0.2, 0.25) is 0 Å². The van der Waals surface area contributed by atoms with Crippen molar-refractivity contribution >= 4 is 37.4 Å². The van der Waals surface area contributed by atoms with Gasteiger partial charge in [-0.25, -0.2) is 0 Å². The molecule has 10 heavy (non-hydrogen) atoms. The predicted octanol–water partition coefficient (Wildman–Crippen LogP) is 2.13. The lowest BCUT2D eigenvalue weighted by atomic mass is 10.1. The molecule has 0 saturated carbocycles. The Morgan fingerprint density at radius 2 is 1.70 bits per heavy atom. The summed E-state index contributed by atoms with van der Waals surface area (Å²) < 4.78 is 0. The van der Waals surface area contributed by atoms with Gasteiger partial charge in [-0.3, -0.25) is 0 Å². The molecular weight excluding hydrogens is 189 g/mol. The quantitative estimate of drug-likeness (QED) is 0.680. The number of nitrogens with two attached hydrogens (primary N) is 1.